The van der Waals surface area contributed by atoms with Crippen molar-refractivity contribution in [2.45, 2.75) is 45.1 Å². The number of rotatable bonds is 6. The van der Waals surface area contributed by atoms with E-state index in [9.17, 15) is 9.59 Å². The Morgan fingerprint density at radius 1 is 1.48 bits per heavy atom. The second-order valence-corrected chi connectivity index (χ2v) is 5.06. The number of carboxylic acids is 1. The largest absolute Gasteiger partial charge is 0.481 e. The molecular weight excluding hydrogens is 276 g/mol. The van der Waals surface area contributed by atoms with E-state index in [1.807, 2.05) is 0 Å². The summed E-state index contributed by atoms with van der Waals surface area (Å²) < 4.78 is 6.62. The predicted octanol–water partition coefficient (Wildman–Crippen LogP) is 0.947. The Hall–Kier alpha value is -1.89. The highest BCUT2D eigenvalue weighted by atomic mass is 16.5. The Kier molecular flexibility index (Phi) is 4.95. The number of fused-ring (bicyclic) bond motifs is 1. The third kappa shape index (κ3) is 3.24. The van der Waals surface area contributed by atoms with Crippen LogP contribution in [0.15, 0.2) is 0 Å². The van der Waals surface area contributed by atoms with E-state index in [2.05, 4.69) is 5.10 Å². The Balaban J connectivity index is 2.44. The van der Waals surface area contributed by atoms with Crippen molar-refractivity contribution < 1.29 is 24.5 Å². The Labute approximate surface area is 122 Å². The molecule has 0 aliphatic heterocycles. The van der Waals surface area contributed by atoms with Crippen LogP contribution in [0, 0.1) is 0 Å². The van der Waals surface area contributed by atoms with E-state index in [-0.39, 0.29) is 31.2 Å². The Bertz CT molecular complexity index is 538. The van der Waals surface area contributed by atoms with Gasteiger partial charge in [0, 0.05) is 11.3 Å². The van der Waals surface area contributed by atoms with Crippen LogP contribution in [0.3, 0.4) is 0 Å². The molecule has 0 amide bonds. The summed E-state index contributed by atoms with van der Waals surface area (Å²) in [4.78, 5) is 23.1. The molecule has 2 rings (SSSR count). The number of hydrogen-bond donors (Lipinski definition) is 2. The molecule has 0 spiro atoms. The monoisotopic (exact) mass is 296 g/mol. The zero-order chi connectivity index (χ0) is 15.4. The summed E-state index contributed by atoms with van der Waals surface area (Å²) in [6, 6.07) is 0. The summed E-state index contributed by atoms with van der Waals surface area (Å²) in [5.41, 5.74) is 1.74. The molecule has 0 radical (unpaired) electrons. The maximum atomic E-state index is 12.1. The molecule has 7 nitrogen and oxygen atoms in total. The van der Waals surface area contributed by atoms with E-state index >= 15 is 0 Å². The van der Waals surface area contributed by atoms with Crippen molar-refractivity contribution in [3.8, 4) is 0 Å². The van der Waals surface area contributed by atoms with Gasteiger partial charge in [0.1, 0.15) is 0 Å². The molecule has 0 fully saturated rings. The van der Waals surface area contributed by atoms with Crippen LogP contribution in [-0.2, 0) is 22.5 Å². The number of aliphatic hydroxyl groups excluding tert-OH is 1. The second-order valence-electron chi connectivity index (χ2n) is 5.06. The van der Waals surface area contributed by atoms with Gasteiger partial charge in [-0.2, -0.15) is 5.10 Å². The minimum atomic E-state index is -0.891. The third-order valence-electron chi connectivity index (χ3n) is 3.67. The van der Waals surface area contributed by atoms with Gasteiger partial charge in [0.05, 0.1) is 26.2 Å². The van der Waals surface area contributed by atoms with Crippen LogP contribution in [0.4, 0.5) is 0 Å². The number of ether oxygens (including phenoxy) is 1. The molecule has 1 aromatic heterocycles. The van der Waals surface area contributed by atoms with E-state index in [0.29, 0.717) is 12.1 Å². The van der Waals surface area contributed by atoms with Gasteiger partial charge in [0.2, 0.25) is 0 Å². The summed E-state index contributed by atoms with van der Waals surface area (Å²) >= 11 is 0. The lowest BCUT2D eigenvalue weighted by Gasteiger charge is -2.22. The van der Waals surface area contributed by atoms with Gasteiger partial charge in [0.15, 0.2) is 5.69 Å². The van der Waals surface area contributed by atoms with Crippen molar-refractivity contribution in [1.29, 1.82) is 0 Å². The smallest absolute Gasteiger partial charge is 0.359 e. The molecule has 21 heavy (non-hydrogen) atoms. The molecule has 2 N–H and O–H groups in total. The molecule has 1 aliphatic rings. The minimum Gasteiger partial charge on any atom is -0.481 e. The first-order valence-corrected chi connectivity index (χ1v) is 7.17. The summed E-state index contributed by atoms with van der Waals surface area (Å²) in [6.07, 6.45) is 2.28. The van der Waals surface area contributed by atoms with Crippen LogP contribution in [-0.4, -0.2) is 45.1 Å². The lowest BCUT2D eigenvalue weighted by molar-refractivity contribution is -0.137. The fourth-order valence-electron chi connectivity index (χ4n) is 2.91. The van der Waals surface area contributed by atoms with Crippen molar-refractivity contribution >= 4 is 11.9 Å². The van der Waals surface area contributed by atoms with E-state index in [0.717, 1.165) is 25.0 Å². The van der Waals surface area contributed by atoms with E-state index in [1.54, 1.807) is 11.6 Å². The van der Waals surface area contributed by atoms with Crippen LogP contribution in [0.1, 0.15) is 53.8 Å². The van der Waals surface area contributed by atoms with Crippen molar-refractivity contribution in [2.24, 2.45) is 0 Å². The number of carbonyl (C=O) groups excluding carboxylic acids is 1. The fourth-order valence-corrected chi connectivity index (χ4v) is 2.91. The van der Waals surface area contributed by atoms with Crippen LogP contribution in [0.25, 0.3) is 0 Å². The number of aliphatic hydroxyl groups is 1. The van der Waals surface area contributed by atoms with Crippen molar-refractivity contribution in [1.82, 2.24) is 9.78 Å². The SMILES string of the molecule is CCOC(=O)c1nn(CCO)c2c1C(CC(=O)O)CCC2. The molecule has 1 aliphatic carbocycles. The second kappa shape index (κ2) is 6.71. The minimum absolute atomic E-state index is 0.0236. The van der Waals surface area contributed by atoms with Crippen molar-refractivity contribution in [3.05, 3.63) is 17.0 Å². The molecule has 0 bridgehead atoms. The molecular formula is C14H20N2O5. The summed E-state index contributed by atoms with van der Waals surface area (Å²) in [5, 5.41) is 22.4. The topological polar surface area (TPSA) is 102 Å². The standard InChI is InChI=1S/C14H20N2O5/c1-2-21-14(20)13-12-9(8-11(18)19)4-3-5-10(12)16(15-13)6-7-17/h9,17H,2-8H2,1H3,(H,18,19). The number of hydrogen-bond acceptors (Lipinski definition) is 5. The van der Waals surface area contributed by atoms with E-state index in [4.69, 9.17) is 14.9 Å². The normalized spacial score (nSPS) is 17.3. The average molecular weight is 296 g/mol. The van der Waals surface area contributed by atoms with Gasteiger partial charge in [-0.05, 0) is 32.1 Å². The summed E-state index contributed by atoms with van der Waals surface area (Å²) in [5.74, 6) is -1.64. The highest BCUT2D eigenvalue weighted by Gasteiger charge is 2.33. The molecule has 1 unspecified atom stereocenters. The van der Waals surface area contributed by atoms with E-state index < -0.39 is 11.9 Å². The fraction of sp³-hybridized carbons (Fsp3) is 0.643. The maximum absolute atomic E-state index is 12.1. The first kappa shape index (κ1) is 15.5. The molecule has 116 valence electrons. The van der Waals surface area contributed by atoms with E-state index in [1.165, 1.54) is 0 Å². The summed E-state index contributed by atoms with van der Waals surface area (Å²) in [7, 11) is 0. The number of aliphatic carboxylic acids is 1. The third-order valence-corrected chi connectivity index (χ3v) is 3.67. The van der Waals surface area contributed by atoms with Crippen LogP contribution in [0.2, 0.25) is 0 Å². The van der Waals surface area contributed by atoms with Crippen molar-refractivity contribution in [2.75, 3.05) is 13.2 Å². The van der Waals surface area contributed by atoms with Gasteiger partial charge < -0.3 is 14.9 Å². The maximum Gasteiger partial charge on any atom is 0.359 e. The number of nitrogens with zero attached hydrogens (tertiary/aromatic N) is 2. The number of aromatic nitrogens is 2. The van der Waals surface area contributed by atoms with Crippen LogP contribution < -0.4 is 0 Å². The molecule has 7 heteroatoms. The first-order chi connectivity index (χ1) is 10.1. The summed E-state index contributed by atoms with van der Waals surface area (Å²) in [6.45, 7) is 2.16. The van der Waals surface area contributed by atoms with Gasteiger partial charge in [-0.3, -0.25) is 9.48 Å². The average Bonchev–Trinajstić information content (AvgIpc) is 2.79. The van der Waals surface area contributed by atoms with Gasteiger partial charge >= 0.3 is 11.9 Å². The zero-order valence-electron chi connectivity index (χ0n) is 12.0. The highest BCUT2D eigenvalue weighted by Crippen LogP contribution is 2.36. The van der Waals surface area contributed by atoms with Crippen LogP contribution in [0.5, 0.6) is 0 Å². The quantitative estimate of drug-likeness (QED) is 0.758. The molecule has 1 heterocycles. The van der Waals surface area contributed by atoms with Crippen molar-refractivity contribution in [3.63, 3.8) is 0 Å². The predicted molar refractivity (Wildman–Crippen MR) is 73.2 cm³/mol. The van der Waals surface area contributed by atoms with Gasteiger partial charge in [-0.15, -0.1) is 0 Å². The van der Waals surface area contributed by atoms with Gasteiger partial charge in [-0.25, -0.2) is 4.79 Å². The lowest BCUT2D eigenvalue weighted by atomic mass is 9.83. The Morgan fingerprint density at radius 2 is 2.24 bits per heavy atom. The molecule has 0 saturated heterocycles. The lowest BCUT2D eigenvalue weighted by Crippen LogP contribution is -2.18. The highest BCUT2D eigenvalue weighted by molar-refractivity contribution is 5.90. The zero-order valence-corrected chi connectivity index (χ0v) is 12.0. The molecule has 1 atom stereocenters. The van der Waals surface area contributed by atoms with Gasteiger partial charge in [-0.1, -0.05) is 0 Å². The number of carboxylic acid groups (broad SMARTS) is 1. The van der Waals surface area contributed by atoms with Gasteiger partial charge in [0.25, 0.3) is 0 Å². The number of carbonyl (C=O) groups is 2. The Morgan fingerprint density at radius 3 is 2.86 bits per heavy atom. The molecule has 1 aromatic rings. The number of esters is 1. The van der Waals surface area contributed by atoms with Crippen LogP contribution >= 0.6 is 0 Å². The first-order valence-electron chi connectivity index (χ1n) is 7.17. The molecule has 0 aromatic carbocycles. The molecule has 0 saturated carbocycles.